The topological polar surface area (TPSA) is 12.0 Å². The molecule has 114 valence electrons. The van der Waals surface area contributed by atoms with Gasteiger partial charge in [-0.05, 0) is 12.8 Å². The highest BCUT2D eigenvalue weighted by Gasteiger charge is 2.48. The van der Waals surface area contributed by atoms with Crippen LogP contribution in [0.3, 0.4) is 0 Å². The molecule has 0 spiro atoms. The van der Waals surface area contributed by atoms with Gasteiger partial charge in [0.2, 0.25) is 0 Å². The van der Waals surface area contributed by atoms with Gasteiger partial charge in [0.25, 0.3) is 0 Å². The summed E-state index contributed by atoms with van der Waals surface area (Å²) in [6.45, 7) is 7.10. The van der Waals surface area contributed by atoms with E-state index in [9.17, 15) is 0 Å². The molecular formula is C17H37N2+. The first-order valence-electron chi connectivity index (χ1n) is 8.66. The fourth-order valence-electron chi connectivity index (χ4n) is 3.59. The van der Waals surface area contributed by atoms with Crippen molar-refractivity contribution >= 4 is 0 Å². The Labute approximate surface area is 121 Å². The van der Waals surface area contributed by atoms with Gasteiger partial charge in [-0.2, -0.15) is 0 Å². The van der Waals surface area contributed by atoms with Crippen LogP contribution in [-0.2, 0) is 0 Å². The molecule has 0 unspecified atom stereocenters. The van der Waals surface area contributed by atoms with Crippen molar-refractivity contribution in [1.29, 1.82) is 0 Å². The third kappa shape index (κ3) is 4.75. The molecule has 0 saturated carbocycles. The standard InChI is InChI=1S/C17H37N2/c1-5-7-9-11-13-17(14-12-10-8-6-2)18-15-16-19(17,3)4/h18H,5-16H2,1-4H3/q+1. The first-order chi connectivity index (χ1) is 9.08. The van der Waals surface area contributed by atoms with Gasteiger partial charge in [0.15, 0.2) is 5.66 Å². The minimum absolute atomic E-state index is 0.376. The van der Waals surface area contributed by atoms with Crippen LogP contribution in [0, 0.1) is 0 Å². The molecule has 0 aromatic carbocycles. The number of rotatable bonds is 10. The maximum absolute atomic E-state index is 3.89. The maximum Gasteiger partial charge on any atom is 0.152 e. The lowest BCUT2D eigenvalue weighted by Gasteiger charge is -2.43. The molecular weight excluding hydrogens is 232 g/mol. The van der Waals surface area contributed by atoms with E-state index in [0.717, 1.165) is 0 Å². The molecule has 0 atom stereocenters. The molecule has 0 amide bonds. The third-order valence-corrected chi connectivity index (χ3v) is 5.17. The Morgan fingerprint density at radius 1 is 0.842 bits per heavy atom. The van der Waals surface area contributed by atoms with Gasteiger partial charge in [0.1, 0.15) is 0 Å². The number of nitrogens with zero attached hydrogens (tertiary/aromatic N) is 1. The van der Waals surface area contributed by atoms with Crippen molar-refractivity contribution in [2.24, 2.45) is 0 Å². The molecule has 0 aromatic heterocycles. The number of hydrogen-bond acceptors (Lipinski definition) is 1. The highest BCUT2D eigenvalue weighted by atomic mass is 15.5. The van der Waals surface area contributed by atoms with Crippen LogP contribution in [-0.4, -0.2) is 37.3 Å². The van der Waals surface area contributed by atoms with Crippen LogP contribution in [0.4, 0.5) is 0 Å². The minimum Gasteiger partial charge on any atom is -0.310 e. The molecule has 2 nitrogen and oxygen atoms in total. The fraction of sp³-hybridized carbons (Fsp3) is 1.00. The van der Waals surface area contributed by atoms with Gasteiger partial charge in [-0.1, -0.05) is 52.4 Å². The van der Waals surface area contributed by atoms with Gasteiger partial charge in [-0.25, -0.2) is 0 Å². The molecule has 2 heteroatoms. The Bertz CT molecular complexity index is 223. The molecule has 1 N–H and O–H groups in total. The molecule has 1 fully saturated rings. The van der Waals surface area contributed by atoms with Crippen molar-refractivity contribution in [1.82, 2.24) is 5.32 Å². The predicted molar refractivity (Wildman–Crippen MR) is 85.2 cm³/mol. The van der Waals surface area contributed by atoms with Gasteiger partial charge in [-0.15, -0.1) is 0 Å². The largest absolute Gasteiger partial charge is 0.310 e. The zero-order valence-corrected chi connectivity index (χ0v) is 13.9. The molecule has 1 saturated heterocycles. The first kappa shape index (κ1) is 17.0. The highest BCUT2D eigenvalue weighted by molar-refractivity contribution is 4.83. The Kier molecular flexibility index (Phi) is 7.38. The van der Waals surface area contributed by atoms with Gasteiger partial charge in [0, 0.05) is 12.8 Å². The molecule has 0 radical (unpaired) electrons. The van der Waals surface area contributed by atoms with E-state index in [1.807, 2.05) is 0 Å². The van der Waals surface area contributed by atoms with E-state index >= 15 is 0 Å². The second kappa shape index (κ2) is 8.26. The number of quaternary nitrogens is 1. The number of nitrogens with one attached hydrogen (secondary N) is 1. The predicted octanol–water partition coefficient (Wildman–Crippen LogP) is 4.30. The third-order valence-electron chi connectivity index (χ3n) is 5.17. The second-order valence-corrected chi connectivity index (χ2v) is 6.99. The van der Waals surface area contributed by atoms with E-state index in [-0.39, 0.29) is 0 Å². The number of hydrogen-bond donors (Lipinski definition) is 1. The maximum atomic E-state index is 3.89. The van der Waals surface area contributed by atoms with E-state index in [1.54, 1.807) is 0 Å². The van der Waals surface area contributed by atoms with Crippen LogP contribution < -0.4 is 5.32 Å². The summed E-state index contributed by atoms with van der Waals surface area (Å²) in [7, 11) is 4.86. The van der Waals surface area contributed by atoms with Crippen molar-refractivity contribution in [3.8, 4) is 0 Å². The van der Waals surface area contributed by atoms with Crippen LogP contribution >= 0.6 is 0 Å². The summed E-state index contributed by atoms with van der Waals surface area (Å²) >= 11 is 0. The normalized spacial score (nSPS) is 20.8. The molecule has 0 aromatic rings. The zero-order valence-electron chi connectivity index (χ0n) is 13.9. The van der Waals surface area contributed by atoms with Crippen LogP contribution in [0.25, 0.3) is 0 Å². The Morgan fingerprint density at radius 3 is 1.74 bits per heavy atom. The van der Waals surface area contributed by atoms with E-state index in [2.05, 4.69) is 33.3 Å². The lowest BCUT2D eigenvalue weighted by molar-refractivity contribution is -0.931. The monoisotopic (exact) mass is 269 g/mol. The van der Waals surface area contributed by atoms with Crippen molar-refractivity contribution in [3.63, 3.8) is 0 Å². The molecule has 0 aliphatic carbocycles. The summed E-state index contributed by atoms with van der Waals surface area (Å²) in [5.41, 5.74) is 0.376. The summed E-state index contributed by atoms with van der Waals surface area (Å²) in [6.07, 6.45) is 13.8. The lowest BCUT2D eigenvalue weighted by Crippen LogP contribution is -2.60. The Morgan fingerprint density at radius 2 is 1.37 bits per heavy atom. The average Bonchev–Trinajstić information content (AvgIpc) is 2.66. The van der Waals surface area contributed by atoms with E-state index < -0.39 is 0 Å². The quantitative estimate of drug-likeness (QED) is 0.460. The Balaban J connectivity index is 2.48. The van der Waals surface area contributed by atoms with Gasteiger partial charge in [-0.3, -0.25) is 5.32 Å². The molecule has 1 aliphatic heterocycles. The number of unbranched alkanes of at least 4 members (excludes halogenated alkanes) is 6. The van der Waals surface area contributed by atoms with E-state index in [4.69, 9.17) is 0 Å². The van der Waals surface area contributed by atoms with Crippen LogP contribution in [0.2, 0.25) is 0 Å². The molecule has 19 heavy (non-hydrogen) atoms. The van der Waals surface area contributed by atoms with Gasteiger partial charge < -0.3 is 4.48 Å². The van der Waals surface area contributed by atoms with Crippen molar-refractivity contribution < 1.29 is 4.48 Å². The van der Waals surface area contributed by atoms with Crippen molar-refractivity contribution in [2.75, 3.05) is 27.2 Å². The van der Waals surface area contributed by atoms with Crippen LogP contribution in [0.5, 0.6) is 0 Å². The zero-order chi connectivity index (χ0) is 14.2. The Hall–Kier alpha value is -0.0800. The van der Waals surface area contributed by atoms with Crippen LogP contribution in [0.15, 0.2) is 0 Å². The first-order valence-corrected chi connectivity index (χ1v) is 8.66. The summed E-state index contributed by atoms with van der Waals surface area (Å²) in [6, 6.07) is 0. The summed E-state index contributed by atoms with van der Waals surface area (Å²) < 4.78 is 1.19. The molecule has 1 aliphatic rings. The minimum atomic E-state index is 0.376. The van der Waals surface area contributed by atoms with E-state index in [1.165, 1.54) is 81.8 Å². The number of likely N-dealkylation sites (N-methyl/N-ethyl adjacent to an activating group) is 1. The average molecular weight is 269 g/mol. The van der Waals surface area contributed by atoms with Crippen molar-refractivity contribution in [2.45, 2.75) is 83.7 Å². The van der Waals surface area contributed by atoms with Gasteiger partial charge >= 0.3 is 0 Å². The highest BCUT2D eigenvalue weighted by Crippen LogP contribution is 2.33. The van der Waals surface area contributed by atoms with Crippen molar-refractivity contribution in [3.05, 3.63) is 0 Å². The molecule has 1 heterocycles. The summed E-state index contributed by atoms with van der Waals surface area (Å²) in [4.78, 5) is 0. The van der Waals surface area contributed by atoms with E-state index in [0.29, 0.717) is 5.66 Å². The lowest BCUT2D eigenvalue weighted by atomic mass is 9.92. The summed E-state index contributed by atoms with van der Waals surface area (Å²) in [5.74, 6) is 0. The van der Waals surface area contributed by atoms with Gasteiger partial charge in [0.05, 0.1) is 27.2 Å². The fourth-order valence-corrected chi connectivity index (χ4v) is 3.59. The molecule has 1 rings (SSSR count). The SMILES string of the molecule is CCCCCCC1(CCCCCC)NCC[N+]1(C)C. The smallest absolute Gasteiger partial charge is 0.152 e. The van der Waals surface area contributed by atoms with Crippen LogP contribution in [0.1, 0.15) is 78.1 Å². The second-order valence-electron chi connectivity index (χ2n) is 6.99. The summed E-state index contributed by atoms with van der Waals surface area (Å²) in [5, 5.41) is 3.89. The molecule has 0 bridgehead atoms.